The van der Waals surface area contributed by atoms with Crippen LogP contribution >= 0.6 is 0 Å². The van der Waals surface area contributed by atoms with Gasteiger partial charge in [-0.25, -0.2) is 0 Å². The Kier molecular flexibility index (Phi) is 3.69. The molecule has 1 aliphatic rings. The molecule has 0 aliphatic heterocycles. The van der Waals surface area contributed by atoms with E-state index >= 15 is 0 Å². The van der Waals surface area contributed by atoms with Gasteiger partial charge in [-0.1, -0.05) is 18.9 Å². The molecule has 0 amide bonds. The van der Waals surface area contributed by atoms with E-state index < -0.39 is 0 Å². The lowest BCUT2D eigenvalue weighted by atomic mass is 10.2. The van der Waals surface area contributed by atoms with Crippen LogP contribution in [-0.4, -0.2) is 14.3 Å². The van der Waals surface area contributed by atoms with Gasteiger partial charge in [-0.15, -0.1) is 0 Å². The monoisotopic (exact) mass is 272 g/mol. The van der Waals surface area contributed by atoms with Crippen LogP contribution in [0.1, 0.15) is 43.0 Å². The van der Waals surface area contributed by atoms with Crippen molar-refractivity contribution in [3.63, 3.8) is 0 Å². The molecular weight excluding hydrogens is 252 g/mol. The summed E-state index contributed by atoms with van der Waals surface area (Å²) < 4.78 is 3.73. The van der Waals surface area contributed by atoms with Crippen molar-refractivity contribution in [2.75, 3.05) is 0 Å². The Labute approximate surface area is 118 Å². The number of hydrogen-bond donors (Lipinski definition) is 1. The molecule has 2 heterocycles. The van der Waals surface area contributed by atoms with E-state index in [0.29, 0.717) is 18.2 Å². The fraction of sp³-hybridized carbons (Fsp3) is 0.467. The summed E-state index contributed by atoms with van der Waals surface area (Å²) >= 11 is 0. The third-order valence-corrected chi connectivity index (χ3v) is 4.01. The highest BCUT2D eigenvalue weighted by Crippen LogP contribution is 2.28. The van der Waals surface area contributed by atoms with E-state index in [-0.39, 0.29) is 12.1 Å². The molecule has 1 aliphatic carbocycles. The van der Waals surface area contributed by atoms with E-state index in [4.69, 9.17) is 5.73 Å². The predicted molar refractivity (Wildman–Crippen MR) is 77.4 cm³/mol. The summed E-state index contributed by atoms with van der Waals surface area (Å²) in [6, 6.07) is 6.17. The van der Waals surface area contributed by atoms with E-state index in [1.54, 1.807) is 16.8 Å². The third kappa shape index (κ3) is 2.54. The van der Waals surface area contributed by atoms with Crippen LogP contribution in [0.4, 0.5) is 0 Å². The van der Waals surface area contributed by atoms with Crippen LogP contribution in [0.5, 0.6) is 0 Å². The number of nitrogens with two attached hydrogens (primary N) is 1. The van der Waals surface area contributed by atoms with Crippen molar-refractivity contribution < 1.29 is 0 Å². The zero-order valence-corrected chi connectivity index (χ0v) is 11.5. The van der Waals surface area contributed by atoms with E-state index in [0.717, 1.165) is 5.69 Å². The van der Waals surface area contributed by atoms with Crippen LogP contribution in [0, 0.1) is 0 Å². The van der Waals surface area contributed by atoms with Gasteiger partial charge >= 0.3 is 0 Å². The van der Waals surface area contributed by atoms with E-state index in [9.17, 15) is 4.79 Å². The Morgan fingerprint density at radius 1 is 1.25 bits per heavy atom. The Balaban J connectivity index is 1.79. The van der Waals surface area contributed by atoms with Gasteiger partial charge in [0.15, 0.2) is 0 Å². The van der Waals surface area contributed by atoms with Crippen LogP contribution < -0.4 is 11.3 Å². The molecule has 2 N–H and O–H groups in total. The maximum atomic E-state index is 12.1. The molecule has 1 saturated carbocycles. The molecule has 0 spiro atoms. The molecule has 2 aromatic rings. The van der Waals surface area contributed by atoms with Gasteiger partial charge in [0, 0.05) is 24.5 Å². The van der Waals surface area contributed by atoms with Gasteiger partial charge in [0.05, 0.1) is 18.3 Å². The van der Waals surface area contributed by atoms with Crippen molar-refractivity contribution >= 4 is 0 Å². The summed E-state index contributed by atoms with van der Waals surface area (Å²) in [5.41, 5.74) is 7.11. The Hall–Kier alpha value is -1.88. The molecule has 0 atom stereocenters. The minimum absolute atomic E-state index is 0.0228. The van der Waals surface area contributed by atoms with Gasteiger partial charge in [0.25, 0.3) is 5.56 Å². The average molecular weight is 272 g/mol. The SMILES string of the molecule is NCc1cccn(Cc2ccn(C3CCCC3)n2)c1=O. The summed E-state index contributed by atoms with van der Waals surface area (Å²) in [6.07, 6.45) is 8.82. The number of aromatic nitrogens is 3. The molecule has 2 aromatic heterocycles. The molecular formula is C15H20N4O. The number of pyridine rings is 1. The molecule has 0 aromatic carbocycles. The predicted octanol–water partition coefficient (Wildman–Crippen LogP) is 1.67. The first-order valence-electron chi connectivity index (χ1n) is 7.20. The second kappa shape index (κ2) is 5.63. The molecule has 0 bridgehead atoms. The van der Waals surface area contributed by atoms with Gasteiger partial charge in [-0.05, 0) is 25.0 Å². The molecule has 20 heavy (non-hydrogen) atoms. The van der Waals surface area contributed by atoms with Gasteiger partial charge in [-0.3, -0.25) is 9.48 Å². The van der Waals surface area contributed by atoms with E-state index in [1.807, 2.05) is 18.3 Å². The highest BCUT2D eigenvalue weighted by Gasteiger charge is 2.17. The topological polar surface area (TPSA) is 65.8 Å². The molecule has 1 fully saturated rings. The van der Waals surface area contributed by atoms with Crippen molar-refractivity contribution in [3.8, 4) is 0 Å². The second-order valence-electron chi connectivity index (χ2n) is 5.40. The largest absolute Gasteiger partial charge is 0.326 e. The van der Waals surface area contributed by atoms with Crippen molar-refractivity contribution in [1.29, 1.82) is 0 Å². The van der Waals surface area contributed by atoms with E-state index in [1.165, 1.54) is 25.7 Å². The van der Waals surface area contributed by atoms with Crippen LogP contribution in [0.3, 0.4) is 0 Å². The number of nitrogens with zero attached hydrogens (tertiary/aromatic N) is 3. The highest BCUT2D eigenvalue weighted by molar-refractivity contribution is 5.11. The number of hydrogen-bond acceptors (Lipinski definition) is 3. The molecule has 5 nitrogen and oxygen atoms in total. The zero-order valence-electron chi connectivity index (χ0n) is 11.5. The fourth-order valence-corrected chi connectivity index (χ4v) is 2.87. The molecule has 0 unspecified atom stereocenters. The van der Waals surface area contributed by atoms with Crippen molar-refractivity contribution in [2.24, 2.45) is 5.73 Å². The lowest BCUT2D eigenvalue weighted by molar-refractivity contribution is 0.461. The van der Waals surface area contributed by atoms with Crippen molar-refractivity contribution in [3.05, 3.63) is 52.2 Å². The first kappa shape index (κ1) is 13.1. The van der Waals surface area contributed by atoms with Crippen LogP contribution in [-0.2, 0) is 13.1 Å². The van der Waals surface area contributed by atoms with E-state index in [2.05, 4.69) is 9.78 Å². The maximum Gasteiger partial charge on any atom is 0.255 e. The quantitative estimate of drug-likeness (QED) is 0.920. The Morgan fingerprint density at radius 3 is 2.80 bits per heavy atom. The first-order chi connectivity index (χ1) is 9.78. The van der Waals surface area contributed by atoms with Gasteiger partial charge in [0.1, 0.15) is 0 Å². The lowest BCUT2D eigenvalue weighted by Crippen LogP contribution is -2.25. The molecule has 0 saturated heterocycles. The molecule has 5 heteroatoms. The lowest BCUT2D eigenvalue weighted by Gasteiger charge is -2.09. The minimum atomic E-state index is -0.0228. The fourth-order valence-electron chi connectivity index (χ4n) is 2.87. The normalized spacial score (nSPS) is 15.8. The first-order valence-corrected chi connectivity index (χ1v) is 7.20. The summed E-state index contributed by atoms with van der Waals surface area (Å²) in [5.74, 6) is 0. The zero-order chi connectivity index (χ0) is 13.9. The molecule has 106 valence electrons. The molecule has 3 rings (SSSR count). The van der Waals surface area contributed by atoms with Crippen LogP contribution in [0.2, 0.25) is 0 Å². The standard InChI is InChI=1S/C15H20N4O/c16-10-12-4-3-8-18(15(12)20)11-13-7-9-19(17-13)14-5-1-2-6-14/h3-4,7-9,14H,1-2,5-6,10-11,16H2. The Bertz CT molecular complexity index is 637. The molecule has 0 radical (unpaired) electrons. The van der Waals surface area contributed by atoms with Gasteiger partial charge in [0.2, 0.25) is 0 Å². The summed E-state index contributed by atoms with van der Waals surface area (Å²) in [4.78, 5) is 12.1. The summed E-state index contributed by atoms with van der Waals surface area (Å²) in [6.45, 7) is 0.780. The summed E-state index contributed by atoms with van der Waals surface area (Å²) in [7, 11) is 0. The van der Waals surface area contributed by atoms with Gasteiger partial charge < -0.3 is 10.3 Å². The van der Waals surface area contributed by atoms with Crippen LogP contribution in [0.25, 0.3) is 0 Å². The Morgan fingerprint density at radius 2 is 2.05 bits per heavy atom. The minimum Gasteiger partial charge on any atom is -0.326 e. The third-order valence-electron chi connectivity index (χ3n) is 4.01. The average Bonchev–Trinajstić information content (AvgIpc) is 3.11. The number of rotatable bonds is 4. The van der Waals surface area contributed by atoms with Crippen molar-refractivity contribution in [2.45, 2.75) is 44.8 Å². The second-order valence-corrected chi connectivity index (χ2v) is 5.40. The smallest absolute Gasteiger partial charge is 0.255 e. The van der Waals surface area contributed by atoms with Crippen LogP contribution in [0.15, 0.2) is 35.4 Å². The maximum absolute atomic E-state index is 12.1. The van der Waals surface area contributed by atoms with Crippen molar-refractivity contribution in [1.82, 2.24) is 14.3 Å². The highest BCUT2D eigenvalue weighted by atomic mass is 16.1. The summed E-state index contributed by atoms with van der Waals surface area (Å²) in [5, 5.41) is 4.61. The van der Waals surface area contributed by atoms with Gasteiger partial charge in [-0.2, -0.15) is 5.10 Å².